The molecule has 0 saturated heterocycles. The van der Waals surface area contributed by atoms with Gasteiger partial charge in [0.25, 0.3) is 0 Å². The molecule has 2 aromatic rings. The summed E-state index contributed by atoms with van der Waals surface area (Å²) in [7, 11) is 0. The van der Waals surface area contributed by atoms with Crippen molar-refractivity contribution in [1.29, 1.82) is 0 Å². The summed E-state index contributed by atoms with van der Waals surface area (Å²) in [6.45, 7) is 2.84. The maximum Gasteiger partial charge on any atom is 0.123 e. The topological polar surface area (TPSA) is 53.6 Å². The lowest BCUT2D eigenvalue weighted by molar-refractivity contribution is 0.497. The van der Waals surface area contributed by atoms with Crippen LogP contribution in [0.5, 0.6) is 0 Å². The first-order chi connectivity index (χ1) is 7.79. The lowest BCUT2D eigenvalue weighted by atomic mass is 10.2. The van der Waals surface area contributed by atoms with Gasteiger partial charge in [-0.05, 0) is 6.42 Å². The molecule has 1 atom stereocenters. The minimum atomic E-state index is 0.234. The van der Waals surface area contributed by atoms with Crippen LogP contribution in [-0.2, 0) is 6.54 Å². The van der Waals surface area contributed by atoms with E-state index in [1.54, 1.807) is 12.4 Å². The van der Waals surface area contributed by atoms with Gasteiger partial charge >= 0.3 is 0 Å². The van der Waals surface area contributed by atoms with E-state index in [0.29, 0.717) is 0 Å². The van der Waals surface area contributed by atoms with Crippen molar-refractivity contribution in [3.63, 3.8) is 0 Å². The lowest BCUT2D eigenvalue weighted by Crippen LogP contribution is -2.21. The van der Waals surface area contributed by atoms with Crippen LogP contribution in [0, 0.1) is 0 Å². The zero-order valence-electron chi connectivity index (χ0n) is 8.90. The summed E-state index contributed by atoms with van der Waals surface area (Å²) in [6.07, 6.45) is 6.25. The van der Waals surface area contributed by atoms with Gasteiger partial charge in [-0.15, -0.1) is 11.3 Å². The number of aromatic amines is 1. The maximum atomic E-state index is 5.82. The molecule has 2 rings (SSSR count). The predicted octanol–water partition coefficient (Wildman–Crippen LogP) is 2.76. The second-order valence-corrected chi connectivity index (χ2v) is 5.12. The highest BCUT2D eigenvalue weighted by atomic mass is 35.5. The number of aromatic nitrogens is 3. The normalized spacial score (nSPS) is 12.9. The summed E-state index contributed by atoms with van der Waals surface area (Å²) in [5, 5.41) is 4.39. The Balaban J connectivity index is 1.93. The Kier molecular flexibility index (Phi) is 3.93. The van der Waals surface area contributed by atoms with Crippen molar-refractivity contribution >= 4 is 22.9 Å². The number of halogens is 1. The smallest absolute Gasteiger partial charge is 0.123 e. The summed E-state index contributed by atoms with van der Waals surface area (Å²) in [5.74, 6) is 0.963. The second kappa shape index (κ2) is 5.43. The monoisotopic (exact) mass is 256 g/mol. The molecule has 0 aliphatic rings. The number of hydrogen-bond acceptors (Lipinski definition) is 4. The molecule has 0 radical (unpaired) electrons. The van der Waals surface area contributed by atoms with E-state index in [2.05, 4.69) is 27.2 Å². The molecule has 86 valence electrons. The van der Waals surface area contributed by atoms with Gasteiger partial charge in [0, 0.05) is 18.9 Å². The van der Waals surface area contributed by atoms with Crippen LogP contribution >= 0.6 is 22.9 Å². The van der Waals surface area contributed by atoms with E-state index in [4.69, 9.17) is 11.6 Å². The molecule has 0 aliphatic heterocycles. The largest absolute Gasteiger partial charge is 0.347 e. The molecule has 2 aromatic heterocycles. The molecule has 0 bridgehead atoms. The standard InChI is InChI=1S/C10H13ClN4S/c1-2-7(10-12-3-4-13-10)14-6-9-15-5-8(11)16-9/h3-5,7,14H,2,6H2,1H3,(H,12,13). The second-order valence-electron chi connectivity index (χ2n) is 3.37. The number of hydrogen-bond donors (Lipinski definition) is 2. The van der Waals surface area contributed by atoms with E-state index >= 15 is 0 Å². The van der Waals surface area contributed by atoms with E-state index in [-0.39, 0.29) is 6.04 Å². The summed E-state index contributed by atoms with van der Waals surface area (Å²) >= 11 is 7.32. The molecule has 16 heavy (non-hydrogen) atoms. The average molecular weight is 257 g/mol. The number of thiazole rings is 1. The summed E-state index contributed by atoms with van der Waals surface area (Å²) in [5.41, 5.74) is 0. The summed E-state index contributed by atoms with van der Waals surface area (Å²) < 4.78 is 0.725. The number of nitrogens with one attached hydrogen (secondary N) is 2. The number of imidazole rings is 1. The van der Waals surface area contributed by atoms with Gasteiger partial charge in [-0.25, -0.2) is 9.97 Å². The molecule has 2 N–H and O–H groups in total. The SMILES string of the molecule is CCC(NCc1ncc(Cl)s1)c1ncc[nH]1. The highest BCUT2D eigenvalue weighted by molar-refractivity contribution is 7.15. The number of rotatable bonds is 5. The van der Waals surface area contributed by atoms with Gasteiger partial charge in [-0.3, -0.25) is 0 Å². The highest BCUT2D eigenvalue weighted by Gasteiger charge is 2.11. The van der Waals surface area contributed by atoms with Crippen LogP contribution in [0.25, 0.3) is 0 Å². The molecule has 2 heterocycles. The fraction of sp³-hybridized carbons (Fsp3) is 0.400. The minimum Gasteiger partial charge on any atom is -0.347 e. The van der Waals surface area contributed by atoms with E-state index in [9.17, 15) is 0 Å². The van der Waals surface area contributed by atoms with Gasteiger partial charge in [-0.1, -0.05) is 18.5 Å². The molecule has 0 spiro atoms. The molecular weight excluding hydrogens is 244 g/mol. The molecule has 0 saturated carbocycles. The van der Waals surface area contributed by atoms with Gasteiger partial charge in [0.2, 0.25) is 0 Å². The third kappa shape index (κ3) is 2.81. The van der Waals surface area contributed by atoms with Crippen LogP contribution in [0.1, 0.15) is 30.2 Å². The molecule has 1 unspecified atom stereocenters. The Morgan fingerprint density at radius 3 is 3.00 bits per heavy atom. The van der Waals surface area contributed by atoms with Crippen molar-refractivity contribution < 1.29 is 0 Å². The van der Waals surface area contributed by atoms with Crippen LogP contribution in [0.2, 0.25) is 4.34 Å². The van der Waals surface area contributed by atoms with Gasteiger partial charge in [0.15, 0.2) is 0 Å². The first-order valence-corrected chi connectivity index (χ1v) is 6.32. The molecular formula is C10H13ClN4S. The van der Waals surface area contributed by atoms with E-state index in [0.717, 1.165) is 28.1 Å². The quantitative estimate of drug-likeness (QED) is 0.865. The van der Waals surface area contributed by atoms with Crippen LogP contribution in [-0.4, -0.2) is 15.0 Å². The van der Waals surface area contributed by atoms with E-state index in [1.165, 1.54) is 11.3 Å². The highest BCUT2D eigenvalue weighted by Crippen LogP contribution is 2.19. The number of nitrogens with zero attached hydrogens (tertiary/aromatic N) is 2. The van der Waals surface area contributed by atoms with Gasteiger partial charge in [-0.2, -0.15) is 0 Å². The predicted molar refractivity (Wildman–Crippen MR) is 65.6 cm³/mol. The Labute approximate surface area is 103 Å². The fourth-order valence-corrected chi connectivity index (χ4v) is 2.39. The number of H-pyrrole nitrogens is 1. The first kappa shape index (κ1) is 11.6. The minimum absolute atomic E-state index is 0.234. The van der Waals surface area contributed by atoms with Crippen molar-refractivity contribution in [1.82, 2.24) is 20.3 Å². The first-order valence-electron chi connectivity index (χ1n) is 5.12. The maximum absolute atomic E-state index is 5.82. The van der Waals surface area contributed by atoms with Crippen molar-refractivity contribution in [2.45, 2.75) is 25.9 Å². The zero-order valence-corrected chi connectivity index (χ0v) is 10.5. The molecule has 0 amide bonds. The van der Waals surface area contributed by atoms with Crippen LogP contribution < -0.4 is 5.32 Å². The summed E-state index contributed by atoms with van der Waals surface area (Å²) in [6, 6.07) is 0.234. The average Bonchev–Trinajstić information content (AvgIpc) is 2.91. The fourth-order valence-electron chi connectivity index (χ4n) is 1.48. The molecule has 0 fully saturated rings. The molecule has 4 nitrogen and oxygen atoms in total. The van der Waals surface area contributed by atoms with E-state index in [1.807, 2.05) is 6.20 Å². The Morgan fingerprint density at radius 1 is 1.56 bits per heavy atom. The van der Waals surface area contributed by atoms with Gasteiger partial charge in [0.1, 0.15) is 15.2 Å². The summed E-state index contributed by atoms with van der Waals surface area (Å²) in [4.78, 5) is 11.6. The van der Waals surface area contributed by atoms with Crippen molar-refractivity contribution in [3.8, 4) is 0 Å². The molecule has 0 aliphatic carbocycles. The van der Waals surface area contributed by atoms with E-state index < -0.39 is 0 Å². The van der Waals surface area contributed by atoms with Crippen molar-refractivity contribution in [2.75, 3.05) is 0 Å². The lowest BCUT2D eigenvalue weighted by Gasteiger charge is -2.13. The Bertz CT molecular complexity index is 426. The zero-order chi connectivity index (χ0) is 11.4. The third-order valence-corrected chi connectivity index (χ3v) is 3.40. The van der Waals surface area contributed by atoms with Crippen LogP contribution in [0.4, 0.5) is 0 Å². The van der Waals surface area contributed by atoms with Gasteiger partial charge in [0.05, 0.1) is 12.2 Å². The van der Waals surface area contributed by atoms with Crippen molar-refractivity contribution in [2.24, 2.45) is 0 Å². The van der Waals surface area contributed by atoms with Crippen LogP contribution in [0.15, 0.2) is 18.6 Å². The molecule has 6 heteroatoms. The Morgan fingerprint density at radius 2 is 2.44 bits per heavy atom. The van der Waals surface area contributed by atoms with Crippen LogP contribution in [0.3, 0.4) is 0 Å². The third-order valence-electron chi connectivity index (χ3n) is 2.28. The van der Waals surface area contributed by atoms with Gasteiger partial charge < -0.3 is 10.3 Å². The molecule has 0 aromatic carbocycles. The van der Waals surface area contributed by atoms with Crippen molar-refractivity contribution in [3.05, 3.63) is 33.8 Å². The Hall–Kier alpha value is -0.910.